The summed E-state index contributed by atoms with van der Waals surface area (Å²) < 4.78 is 55.7. The summed E-state index contributed by atoms with van der Waals surface area (Å²) in [4.78, 5) is 19.4. The van der Waals surface area contributed by atoms with E-state index in [1.54, 1.807) is 42.5 Å². The van der Waals surface area contributed by atoms with Crippen LogP contribution in [0.4, 0.5) is 42.0 Å². The highest BCUT2D eigenvalue weighted by Gasteiger charge is 2.36. The first-order chi connectivity index (χ1) is 21.6. The molecule has 2 N–H and O–H groups in total. The first-order valence-electron chi connectivity index (χ1n) is 14.1. The van der Waals surface area contributed by atoms with Gasteiger partial charge in [0.1, 0.15) is 17.1 Å². The van der Waals surface area contributed by atoms with Gasteiger partial charge in [-0.3, -0.25) is 14.6 Å². The van der Waals surface area contributed by atoms with Gasteiger partial charge < -0.3 is 25.0 Å². The number of methoxy groups -OCH3 is 1. The SMILES string of the molecule is COc1cc(N2CCOCC2)c(-c2cnn(C)c2)cc1Nc1nc(Nc2ccc3nccnc3c2P(C)C)ncc1C(F)(F)F. The number of ether oxygens (including phenoxy) is 2. The van der Waals surface area contributed by atoms with Crippen molar-refractivity contribution in [2.75, 3.05) is 62.3 Å². The fourth-order valence-corrected chi connectivity index (χ4v) is 6.47. The second-order valence-electron chi connectivity index (χ2n) is 10.6. The quantitative estimate of drug-likeness (QED) is 0.210. The molecule has 4 heterocycles. The molecule has 0 saturated carbocycles. The lowest BCUT2D eigenvalue weighted by Gasteiger charge is -2.31. The van der Waals surface area contributed by atoms with Crippen molar-refractivity contribution in [3.8, 4) is 16.9 Å². The molecule has 0 radical (unpaired) electrons. The first-order valence-corrected chi connectivity index (χ1v) is 16.3. The van der Waals surface area contributed by atoms with Crippen LogP contribution in [0.3, 0.4) is 0 Å². The van der Waals surface area contributed by atoms with Gasteiger partial charge in [0, 0.05) is 73.1 Å². The van der Waals surface area contributed by atoms with Gasteiger partial charge in [-0.2, -0.15) is 23.3 Å². The maximum Gasteiger partial charge on any atom is 0.421 e. The molecule has 5 aromatic rings. The maximum absolute atomic E-state index is 14.3. The van der Waals surface area contributed by atoms with Crippen molar-refractivity contribution < 1.29 is 22.6 Å². The monoisotopic (exact) mass is 637 g/mol. The van der Waals surface area contributed by atoms with Crippen LogP contribution in [-0.2, 0) is 18.0 Å². The summed E-state index contributed by atoms with van der Waals surface area (Å²) in [6.45, 7) is 6.56. The number of rotatable bonds is 8. The van der Waals surface area contributed by atoms with Crippen LogP contribution in [-0.4, -0.2) is 76.5 Å². The Morgan fingerprint density at radius 3 is 2.44 bits per heavy atom. The van der Waals surface area contributed by atoms with Crippen LogP contribution < -0.4 is 25.6 Å². The van der Waals surface area contributed by atoms with E-state index in [1.807, 2.05) is 18.3 Å². The van der Waals surface area contributed by atoms with Gasteiger partial charge in [0.15, 0.2) is 0 Å². The highest BCUT2D eigenvalue weighted by molar-refractivity contribution is 7.65. The van der Waals surface area contributed by atoms with Gasteiger partial charge >= 0.3 is 6.18 Å². The van der Waals surface area contributed by atoms with E-state index in [-0.39, 0.29) is 5.95 Å². The van der Waals surface area contributed by atoms with Crippen LogP contribution >= 0.6 is 7.92 Å². The molecule has 11 nitrogen and oxygen atoms in total. The van der Waals surface area contributed by atoms with E-state index in [2.05, 4.69) is 53.9 Å². The molecular formula is C30H31F3N9O2P. The average molecular weight is 638 g/mol. The van der Waals surface area contributed by atoms with Gasteiger partial charge in [-0.05, 0) is 31.5 Å². The first kappa shape index (κ1) is 30.5. The van der Waals surface area contributed by atoms with E-state index in [4.69, 9.17) is 9.47 Å². The molecule has 1 saturated heterocycles. The van der Waals surface area contributed by atoms with Crippen molar-refractivity contribution in [3.63, 3.8) is 0 Å². The minimum Gasteiger partial charge on any atom is -0.494 e. The molecule has 0 atom stereocenters. The van der Waals surface area contributed by atoms with Gasteiger partial charge in [-0.25, -0.2) is 4.98 Å². The zero-order valence-corrected chi connectivity index (χ0v) is 25.9. The highest BCUT2D eigenvalue weighted by Crippen LogP contribution is 2.43. The second kappa shape index (κ2) is 12.4. The Morgan fingerprint density at radius 2 is 1.76 bits per heavy atom. The van der Waals surface area contributed by atoms with Crippen LogP contribution in [0.1, 0.15) is 5.56 Å². The van der Waals surface area contributed by atoms with E-state index in [0.29, 0.717) is 43.4 Å². The number of hydrogen-bond acceptors (Lipinski definition) is 10. The fraction of sp³-hybridized carbons (Fsp3) is 0.300. The summed E-state index contributed by atoms with van der Waals surface area (Å²) >= 11 is 0. The van der Waals surface area contributed by atoms with Gasteiger partial charge in [0.05, 0.1) is 48.9 Å². The van der Waals surface area contributed by atoms with Crippen molar-refractivity contribution in [2.45, 2.75) is 6.18 Å². The van der Waals surface area contributed by atoms with Gasteiger partial charge in [-0.15, -0.1) is 0 Å². The lowest BCUT2D eigenvalue weighted by atomic mass is 10.0. The highest BCUT2D eigenvalue weighted by atomic mass is 31.1. The fourth-order valence-electron chi connectivity index (χ4n) is 5.26. The molecule has 0 unspecified atom stereocenters. The molecule has 1 aliphatic heterocycles. The maximum atomic E-state index is 14.3. The number of nitrogens with one attached hydrogen (secondary N) is 2. The Balaban J connectivity index is 1.43. The molecule has 3 aromatic heterocycles. The molecule has 1 fully saturated rings. The number of aromatic nitrogens is 6. The van der Waals surface area contributed by atoms with E-state index in [0.717, 1.165) is 39.3 Å². The number of hydrogen-bond donors (Lipinski definition) is 2. The third kappa shape index (κ3) is 6.34. The molecule has 0 aliphatic carbocycles. The molecule has 1 aliphatic rings. The van der Waals surface area contributed by atoms with E-state index in [1.165, 1.54) is 7.11 Å². The molecule has 45 heavy (non-hydrogen) atoms. The van der Waals surface area contributed by atoms with Gasteiger partial charge in [0.25, 0.3) is 0 Å². The standard InChI is InChI=1S/C30H31F3N9O2P/c1-41-17-18(15-37-41)19-13-23(25(43-2)14-24(19)42-9-11-44-12-10-42)38-28-20(30(31,32)33)16-36-29(40-28)39-22-6-5-21-26(27(22)45(3)4)35-8-7-34-21/h5-8,13-17H,9-12H2,1-4H3,(H2,36,38,39,40). The van der Waals surface area contributed by atoms with Crippen LogP contribution in [0.5, 0.6) is 5.75 Å². The number of anilines is 5. The van der Waals surface area contributed by atoms with Crippen LogP contribution in [0.2, 0.25) is 0 Å². The molecule has 0 spiro atoms. The van der Waals surface area contributed by atoms with Crippen LogP contribution in [0, 0.1) is 0 Å². The zero-order valence-electron chi connectivity index (χ0n) is 25.1. The number of halogens is 3. The third-order valence-electron chi connectivity index (χ3n) is 7.34. The second-order valence-corrected chi connectivity index (χ2v) is 12.8. The summed E-state index contributed by atoms with van der Waals surface area (Å²) in [6, 6.07) is 7.20. The lowest BCUT2D eigenvalue weighted by Crippen LogP contribution is -2.36. The van der Waals surface area contributed by atoms with Gasteiger partial charge in [0.2, 0.25) is 5.95 Å². The molecule has 6 rings (SSSR count). The largest absolute Gasteiger partial charge is 0.494 e. The molecule has 2 aromatic carbocycles. The Labute approximate surface area is 258 Å². The van der Waals surface area contributed by atoms with Gasteiger partial charge in [-0.1, -0.05) is 7.92 Å². The minimum absolute atomic E-state index is 0.0109. The number of fused-ring (bicyclic) bond motifs is 1. The number of nitrogens with zero attached hydrogens (tertiary/aromatic N) is 7. The topological polar surface area (TPSA) is 115 Å². The number of alkyl halides is 3. The predicted molar refractivity (Wildman–Crippen MR) is 170 cm³/mol. The van der Waals surface area contributed by atoms with E-state index < -0.39 is 25.5 Å². The normalized spacial score (nSPS) is 13.8. The van der Waals surface area contributed by atoms with E-state index >= 15 is 0 Å². The summed E-state index contributed by atoms with van der Waals surface area (Å²) in [5, 5.41) is 11.3. The Kier molecular flexibility index (Phi) is 8.43. The Hall–Kier alpha value is -4.55. The average Bonchev–Trinajstić information content (AvgIpc) is 3.46. The minimum atomic E-state index is -4.72. The number of aryl methyl sites for hydroxylation is 1. The molecular weight excluding hydrogens is 606 g/mol. The summed E-state index contributed by atoms with van der Waals surface area (Å²) in [6.07, 6.45) is 2.85. The zero-order chi connectivity index (χ0) is 31.7. The van der Waals surface area contributed by atoms with Crippen molar-refractivity contribution in [3.05, 3.63) is 60.8 Å². The Bertz CT molecular complexity index is 1840. The van der Waals surface area contributed by atoms with Crippen molar-refractivity contribution in [1.82, 2.24) is 29.7 Å². The molecule has 15 heteroatoms. The van der Waals surface area contributed by atoms with Crippen molar-refractivity contribution in [2.24, 2.45) is 7.05 Å². The van der Waals surface area contributed by atoms with E-state index in [9.17, 15) is 13.2 Å². The lowest BCUT2D eigenvalue weighted by molar-refractivity contribution is -0.137. The number of morpholine rings is 1. The summed E-state index contributed by atoms with van der Waals surface area (Å²) in [7, 11) is 2.60. The van der Waals surface area contributed by atoms with Crippen molar-refractivity contribution >= 4 is 53.1 Å². The molecule has 234 valence electrons. The predicted octanol–water partition coefficient (Wildman–Crippen LogP) is 5.54. The summed E-state index contributed by atoms with van der Waals surface area (Å²) in [5.74, 6) is -0.0847. The van der Waals surface area contributed by atoms with Crippen LogP contribution in [0.25, 0.3) is 22.2 Å². The van der Waals surface area contributed by atoms with Crippen molar-refractivity contribution in [1.29, 1.82) is 0 Å². The smallest absolute Gasteiger partial charge is 0.421 e. The number of benzene rings is 2. The third-order valence-corrected chi connectivity index (χ3v) is 8.69. The molecule has 0 amide bonds. The molecule has 0 bridgehead atoms. The Morgan fingerprint density at radius 1 is 0.978 bits per heavy atom. The summed E-state index contributed by atoms with van der Waals surface area (Å²) in [5.41, 5.74) is 3.81. The van der Waals surface area contributed by atoms with Crippen LogP contribution in [0.15, 0.2) is 55.2 Å².